The number of nitrogens with one attached hydrogen (secondary N) is 1. The lowest BCUT2D eigenvalue weighted by atomic mass is 10.1. The normalized spacial score (nSPS) is 15.6. The van der Waals surface area contributed by atoms with Crippen molar-refractivity contribution in [2.45, 2.75) is 51.9 Å². The largest absolute Gasteiger partial charge is 0.444 e. The van der Waals surface area contributed by atoms with Crippen molar-refractivity contribution in [1.82, 2.24) is 5.32 Å². The highest BCUT2D eigenvalue weighted by Gasteiger charge is 2.22. The van der Waals surface area contributed by atoms with Crippen LogP contribution >= 0.6 is 0 Å². The number of rotatable bonds is 4. The lowest BCUT2D eigenvalue weighted by Crippen LogP contribution is -2.47. The molecule has 0 fully saturated rings. The predicted molar refractivity (Wildman–Crippen MR) is 56.5 cm³/mol. The molecule has 15 heavy (non-hydrogen) atoms. The molecule has 0 aliphatic carbocycles. The zero-order chi connectivity index (χ0) is 12.1. The minimum Gasteiger partial charge on any atom is -0.444 e. The minimum absolute atomic E-state index is 0.311. The molecule has 5 heteroatoms. The van der Waals surface area contributed by atoms with E-state index in [2.05, 4.69) is 5.32 Å². The monoisotopic (exact) mass is 219 g/mol. The van der Waals surface area contributed by atoms with E-state index in [9.17, 15) is 9.90 Å². The summed E-state index contributed by atoms with van der Waals surface area (Å²) in [6.07, 6.45) is -0.933. The van der Waals surface area contributed by atoms with Crippen LogP contribution in [-0.2, 0) is 4.74 Å². The number of alkyl carbamates (subject to hydrolysis) is 1. The summed E-state index contributed by atoms with van der Waals surface area (Å²) in [5, 5.41) is 20.8. The number of hydrogen-bond acceptors (Lipinski definition) is 4. The van der Waals surface area contributed by atoms with Crippen LogP contribution in [0.3, 0.4) is 0 Å². The van der Waals surface area contributed by atoms with Gasteiger partial charge in [0.05, 0.1) is 18.8 Å². The summed E-state index contributed by atoms with van der Waals surface area (Å²) in [6.45, 7) is 6.70. The predicted octanol–water partition coefficient (Wildman–Crippen LogP) is 0.643. The number of carbonyl (C=O) groups is 1. The van der Waals surface area contributed by atoms with Gasteiger partial charge < -0.3 is 20.3 Å². The lowest BCUT2D eigenvalue weighted by molar-refractivity contribution is 0.0346. The summed E-state index contributed by atoms with van der Waals surface area (Å²) < 4.78 is 4.99. The molecule has 0 aromatic heterocycles. The van der Waals surface area contributed by atoms with Gasteiger partial charge >= 0.3 is 6.09 Å². The van der Waals surface area contributed by atoms with Gasteiger partial charge in [-0.15, -0.1) is 0 Å². The summed E-state index contributed by atoms with van der Waals surface area (Å²) in [4.78, 5) is 11.3. The molecule has 0 heterocycles. The van der Waals surface area contributed by atoms with Crippen molar-refractivity contribution >= 4 is 6.09 Å². The van der Waals surface area contributed by atoms with E-state index in [-0.39, 0.29) is 6.61 Å². The van der Waals surface area contributed by atoms with Crippen molar-refractivity contribution in [1.29, 1.82) is 0 Å². The standard InChI is InChI=1S/C10H21NO4/c1-5-8(13)7(6-12)11-9(14)15-10(2,3)4/h7-8,12-13H,5-6H2,1-4H3,(H,11,14)/t7-,8?/m0/s1. The van der Waals surface area contributed by atoms with E-state index < -0.39 is 23.8 Å². The highest BCUT2D eigenvalue weighted by atomic mass is 16.6. The Hall–Kier alpha value is -0.810. The molecule has 1 unspecified atom stereocenters. The van der Waals surface area contributed by atoms with Crippen molar-refractivity contribution in [3.05, 3.63) is 0 Å². The summed E-state index contributed by atoms with van der Waals surface area (Å²) in [7, 11) is 0. The first-order chi connectivity index (χ1) is 6.80. The third-order valence-electron chi connectivity index (χ3n) is 1.78. The summed E-state index contributed by atoms with van der Waals surface area (Å²) >= 11 is 0. The van der Waals surface area contributed by atoms with Gasteiger partial charge in [0.2, 0.25) is 0 Å². The average molecular weight is 219 g/mol. The first-order valence-electron chi connectivity index (χ1n) is 5.08. The molecular formula is C10H21NO4. The van der Waals surface area contributed by atoms with Gasteiger partial charge in [-0.05, 0) is 27.2 Å². The molecule has 0 bridgehead atoms. The summed E-state index contributed by atoms with van der Waals surface area (Å²) in [5.74, 6) is 0. The van der Waals surface area contributed by atoms with Crippen LogP contribution in [0.15, 0.2) is 0 Å². The Bertz CT molecular complexity index is 200. The van der Waals surface area contributed by atoms with Crippen molar-refractivity contribution in [2.24, 2.45) is 0 Å². The van der Waals surface area contributed by atoms with Crippen LogP contribution in [0, 0.1) is 0 Å². The number of amides is 1. The summed E-state index contributed by atoms with van der Waals surface area (Å²) in [6, 6.07) is -0.676. The van der Waals surface area contributed by atoms with E-state index in [1.54, 1.807) is 27.7 Å². The van der Waals surface area contributed by atoms with Gasteiger partial charge in [0.1, 0.15) is 5.60 Å². The van der Waals surface area contributed by atoms with Crippen LogP contribution in [0.25, 0.3) is 0 Å². The van der Waals surface area contributed by atoms with Crippen LogP contribution in [0.1, 0.15) is 34.1 Å². The van der Waals surface area contributed by atoms with Gasteiger partial charge in [-0.1, -0.05) is 6.92 Å². The number of carbonyl (C=O) groups excluding carboxylic acids is 1. The molecule has 5 nitrogen and oxygen atoms in total. The highest BCUT2D eigenvalue weighted by molar-refractivity contribution is 5.68. The van der Waals surface area contributed by atoms with Crippen LogP contribution in [0.5, 0.6) is 0 Å². The quantitative estimate of drug-likeness (QED) is 0.648. The number of ether oxygens (including phenoxy) is 1. The Morgan fingerprint density at radius 3 is 2.33 bits per heavy atom. The maximum atomic E-state index is 11.3. The molecule has 1 amide bonds. The minimum atomic E-state index is -0.762. The fourth-order valence-corrected chi connectivity index (χ4v) is 1.01. The third kappa shape index (κ3) is 6.30. The molecular weight excluding hydrogens is 198 g/mol. The van der Waals surface area contributed by atoms with Crippen molar-refractivity contribution in [2.75, 3.05) is 6.61 Å². The smallest absolute Gasteiger partial charge is 0.408 e. The van der Waals surface area contributed by atoms with Crippen molar-refractivity contribution in [3.8, 4) is 0 Å². The molecule has 0 spiro atoms. The van der Waals surface area contributed by atoms with Gasteiger partial charge in [-0.25, -0.2) is 4.79 Å². The fraction of sp³-hybridized carbons (Fsp3) is 0.900. The second kappa shape index (κ2) is 5.92. The Morgan fingerprint density at radius 1 is 1.47 bits per heavy atom. The van der Waals surface area contributed by atoms with Crippen LogP contribution in [-0.4, -0.2) is 40.7 Å². The third-order valence-corrected chi connectivity index (χ3v) is 1.78. The second-order valence-corrected chi connectivity index (χ2v) is 4.41. The molecule has 0 aromatic rings. The number of aliphatic hydroxyl groups excluding tert-OH is 2. The Labute approximate surface area is 90.4 Å². The molecule has 0 aliphatic rings. The Morgan fingerprint density at radius 2 is 2.00 bits per heavy atom. The highest BCUT2D eigenvalue weighted by Crippen LogP contribution is 2.07. The van der Waals surface area contributed by atoms with E-state index >= 15 is 0 Å². The SMILES string of the molecule is CCC(O)[C@H](CO)NC(=O)OC(C)(C)C. The zero-order valence-corrected chi connectivity index (χ0v) is 9.78. The molecule has 0 radical (unpaired) electrons. The first kappa shape index (κ1) is 14.2. The molecule has 0 rings (SSSR count). The average Bonchev–Trinajstić information content (AvgIpc) is 2.10. The molecule has 90 valence electrons. The van der Waals surface area contributed by atoms with Crippen LogP contribution in [0.2, 0.25) is 0 Å². The first-order valence-corrected chi connectivity index (χ1v) is 5.08. The summed E-state index contributed by atoms with van der Waals surface area (Å²) in [5.41, 5.74) is -0.582. The van der Waals surface area contributed by atoms with Gasteiger partial charge in [-0.2, -0.15) is 0 Å². The van der Waals surface area contributed by atoms with E-state index in [4.69, 9.17) is 9.84 Å². The van der Waals surface area contributed by atoms with Crippen LogP contribution in [0.4, 0.5) is 4.79 Å². The van der Waals surface area contributed by atoms with Gasteiger partial charge in [0, 0.05) is 0 Å². The Balaban J connectivity index is 4.13. The van der Waals surface area contributed by atoms with Gasteiger partial charge in [0.25, 0.3) is 0 Å². The molecule has 0 aromatic carbocycles. The lowest BCUT2D eigenvalue weighted by Gasteiger charge is -2.24. The molecule has 3 N–H and O–H groups in total. The van der Waals surface area contributed by atoms with E-state index in [0.717, 1.165) is 0 Å². The topological polar surface area (TPSA) is 78.8 Å². The molecule has 0 saturated heterocycles. The van der Waals surface area contributed by atoms with Gasteiger partial charge in [0.15, 0.2) is 0 Å². The maximum Gasteiger partial charge on any atom is 0.408 e. The molecule has 0 saturated carbocycles. The molecule has 2 atom stereocenters. The van der Waals surface area contributed by atoms with Gasteiger partial charge in [-0.3, -0.25) is 0 Å². The van der Waals surface area contributed by atoms with Crippen molar-refractivity contribution in [3.63, 3.8) is 0 Å². The zero-order valence-electron chi connectivity index (χ0n) is 9.78. The Kier molecular flexibility index (Phi) is 5.60. The fourth-order valence-electron chi connectivity index (χ4n) is 1.01. The van der Waals surface area contributed by atoms with E-state index in [0.29, 0.717) is 6.42 Å². The number of aliphatic hydroxyl groups is 2. The maximum absolute atomic E-state index is 11.3. The molecule has 0 aliphatic heterocycles. The van der Waals surface area contributed by atoms with E-state index in [1.165, 1.54) is 0 Å². The van der Waals surface area contributed by atoms with Crippen molar-refractivity contribution < 1.29 is 19.7 Å². The van der Waals surface area contributed by atoms with Crippen LogP contribution < -0.4 is 5.32 Å². The number of hydrogen-bond donors (Lipinski definition) is 3. The second-order valence-electron chi connectivity index (χ2n) is 4.41. The van der Waals surface area contributed by atoms with E-state index in [1.807, 2.05) is 0 Å².